The van der Waals surface area contributed by atoms with Crippen LogP contribution in [0.1, 0.15) is 41.3 Å². The Morgan fingerprint density at radius 2 is 2.13 bits per heavy atom. The van der Waals surface area contributed by atoms with Crippen molar-refractivity contribution >= 4 is 5.91 Å². The van der Waals surface area contributed by atoms with Crippen molar-refractivity contribution in [3.05, 3.63) is 53.7 Å². The number of pyridine rings is 1. The van der Waals surface area contributed by atoms with Crippen LogP contribution in [-0.4, -0.2) is 22.0 Å². The van der Waals surface area contributed by atoms with Gasteiger partial charge in [0.05, 0.1) is 11.8 Å². The van der Waals surface area contributed by atoms with E-state index in [1.54, 1.807) is 19.1 Å². The Morgan fingerprint density at radius 3 is 2.65 bits per heavy atom. The Morgan fingerprint density at radius 1 is 1.39 bits per heavy atom. The number of alkyl halides is 3. The summed E-state index contributed by atoms with van der Waals surface area (Å²) in [6.07, 6.45) is -2.93. The number of carbonyl (C=O) groups is 1. The number of aromatic nitrogens is 1. The molecule has 0 saturated heterocycles. The third-order valence-electron chi connectivity index (χ3n) is 3.14. The molecule has 0 aliphatic rings. The Labute approximate surface area is 130 Å². The molecule has 0 aliphatic heterocycles. The molecule has 124 valence electrons. The lowest BCUT2D eigenvalue weighted by molar-refractivity contribution is -0.141. The van der Waals surface area contributed by atoms with E-state index in [1.807, 2.05) is 0 Å². The van der Waals surface area contributed by atoms with Crippen LogP contribution in [0.2, 0.25) is 0 Å². The molecule has 23 heavy (non-hydrogen) atoms. The van der Waals surface area contributed by atoms with E-state index >= 15 is 0 Å². The highest BCUT2D eigenvalue weighted by atomic mass is 19.4. The monoisotopic (exact) mass is 328 g/mol. The number of nitrogens with one attached hydrogen (secondary N) is 1. The minimum Gasteiger partial charge on any atom is -0.467 e. The van der Waals surface area contributed by atoms with Crippen molar-refractivity contribution in [1.29, 1.82) is 0 Å². The van der Waals surface area contributed by atoms with Crippen molar-refractivity contribution in [2.75, 3.05) is 0 Å². The van der Waals surface area contributed by atoms with Crippen LogP contribution in [0.3, 0.4) is 0 Å². The molecule has 2 rings (SSSR count). The first-order valence-electron chi connectivity index (χ1n) is 6.83. The van der Waals surface area contributed by atoms with Gasteiger partial charge in [0.1, 0.15) is 17.6 Å². The SMILES string of the molecule is C[C@H](C[C@@H](O)c1ccco1)NC(=O)c1ccc(C(F)(F)F)nc1. The highest BCUT2D eigenvalue weighted by Gasteiger charge is 2.32. The predicted molar refractivity (Wildman–Crippen MR) is 74.5 cm³/mol. The Balaban J connectivity index is 1.93. The normalized spacial score (nSPS) is 14.3. The molecule has 2 N–H and O–H groups in total. The van der Waals surface area contributed by atoms with Crippen LogP contribution >= 0.6 is 0 Å². The second-order valence-electron chi connectivity index (χ2n) is 5.07. The first-order chi connectivity index (χ1) is 10.8. The summed E-state index contributed by atoms with van der Waals surface area (Å²) < 4.78 is 42.3. The summed E-state index contributed by atoms with van der Waals surface area (Å²) in [5.41, 5.74) is -1.05. The third kappa shape index (κ3) is 4.56. The molecule has 2 aromatic heterocycles. The Kier molecular flexibility index (Phi) is 5.05. The molecule has 0 aliphatic carbocycles. The van der Waals surface area contributed by atoms with Crippen LogP contribution < -0.4 is 5.32 Å². The van der Waals surface area contributed by atoms with E-state index in [9.17, 15) is 23.1 Å². The van der Waals surface area contributed by atoms with Gasteiger partial charge < -0.3 is 14.8 Å². The van der Waals surface area contributed by atoms with Crippen LogP contribution in [0.15, 0.2) is 41.1 Å². The quantitative estimate of drug-likeness (QED) is 0.885. The lowest BCUT2D eigenvalue weighted by Crippen LogP contribution is -2.33. The zero-order valence-corrected chi connectivity index (χ0v) is 12.2. The van der Waals surface area contributed by atoms with E-state index < -0.39 is 29.9 Å². The maximum absolute atomic E-state index is 12.4. The second-order valence-corrected chi connectivity index (χ2v) is 5.07. The van der Waals surface area contributed by atoms with Gasteiger partial charge in [0, 0.05) is 18.7 Å². The van der Waals surface area contributed by atoms with Crippen molar-refractivity contribution in [1.82, 2.24) is 10.3 Å². The summed E-state index contributed by atoms with van der Waals surface area (Å²) >= 11 is 0. The van der Waals surface area contributed by atoms with Crippen molar-refractivity contribution in [2.24, 2.45) is 0 Å². The minimum absolute atomic E-state index is 0.0114. The van der Waals surface area contributed by atoms with E-state index in [0.29, 0.717) is 5.76 Å². The number of hydrogen-bond acceptors (Lipinski definition) is 4. The summed E-state index contributed by atoms with van der Waals surface area (Å²) in [4.78, 5) is 15.2. The van der Waals surface area contributed by atoms with Crippen molar-refractivity contribution in [3.63, 3.8) is 0 Å². The van der Waals surface area contributed by atoms with Crippen LogP contribution in [0, 0.1) is 0 Å². The average Bonchev–Trinajstić information content (AvgIpc) is 3.00. The molecule has 2 atom stereocenters. The molecule has 5 nitrogen and oxygen atoms in total. The van der Waals surface area contributed by atoms with Gasteiger partial charge in [-0.2, -0.15) is 13.2 Å². The third-order valence-corrected chi connectivity index (χ3v) is 3.14. The molecule has 0 saturated carbocycles. The van der Waals surface area contributed by atoms with Crippen LogP contribution in [0.4, 0.5) is 13.2 Å². The van der Waals surface area contributed by atoms with E-state index in [2.05, 4.69) is 10.3 Å². The second kappa shape index (κ2) is 6.82. The van der Waals surface area contributed by atoms with Gasteiger partial charge in [0.25, 0.3) is 5.91 Å². The van der Waals surface area contributed by atoms with Gasteiger partial charge in [-0.3, -0.25) is 9.78 Å². The number of amides is 1. The first-order valence-corrected chi connectivity index (χ1v) is 6.83. The fourth-order valence-corrected chi connectivity index (χ4v) is 1.99. The number of halogens is 3. The van der Waals surface area contributed by atoms with E-state index in [4.69, 9.17) is 4.42 Å². The minimum atomic E-state index is -4.55. The van der Waals surface area contributed by atoms with Gasteiger partial charge in [-0.15, -0.1) is 0 Å². The molecule has 8 heteroatoms. The molecule has 0 aromatic carbocycles. The molecule has 0 bridgehead atoms. The van der Waals surface area contributed by atoms with Crippen molar-refractivity contribution in [3.8, 4) is 0 Å². The molecule has 0 fully saturated rings. The first kappa shape index (κ1) is 17.0. The average molecular weight is 328 g/mol. The van der Waals surface area contributed by atoms with E-state index in [-0.39, 0.29) is 12.0 Å². The predicted octanol–water partition coefficient (Wildman–Crippen LogP) is 2.94. The number of rotatable bonds is 5. The number of furan rings is 1. The van der Waals surface area contributed by atoms with Gasteiger partial charge in [0.15, 0.2) is 0 Å². The zero-order chi connectivity index (χ0) is 17.0. The number of aliphatic hydroxyl groups excluding tert-OH is 1. The van der Waals surface area contributed by atoms with Gasteiger partial charge in [0.2, 0.25) is 0 Å². The topological polar surface area (TPSA) is 75.4 Å². The van der Waals surface area contributed by atoms with Gasteiger partial charge in [-0.05, 0) is 31.2 Å². The van der Waals surface area contributed by atoms with Crippen molar-refractivity contribution < 1.29 is 27.5 Å². The molecule has 0 radical (unpaired) electrons. The van der Waals surface area contributed by atoms with Crippen LogP contribution in [-0.2, 0) is 6.18 Å². The molecule has 0 spiro atoms. The van der Waals surface area contributed by atoms with Crippen molar-refractivity contribution in [2.45, 2.75) is 31.7 Å². The molecular weight excluding hydrogens is 313 g/mol. The molecule has 0 unspecified atom stereocenters. The number of nitrogens with zero attached hydrogens (tertiary/aromatic N) is 1. The number of hydrogen-bond donors (Lipinski definition) is 2. The Bertz CT molecular complexity index is 639. The van der Waals surface area contributed by atoms with E-state index in [0.717, 1.165) is 18.3 Å². The molecule has 2 heterocycles. The van der Waals surface area contributed by atoms with Gasteiger partial charge >= 0.3 is 6.18 Å². The summed E-state index contributed by atoms with van der Waals surface area (Å²) in [5.74, 6) is -0.187. The summed E-state index contributed by atoms with van der Waals surface area (Å²) in [6, 6.07) is 4.64. The molecule has 2 aromatic rings. The molecule has 1 amide bonds. The summed E-state index contributed by atoms with van der Waals surface area (Å²) in [5, 5.41) is 12.5. The fourth-order valence-electron chi connectivity index (χ4n) is 1.99. The van der Waals surface area contributed by atoms with Gasteiger partial charge in [-0.1, -0.05) is 0 Å². The number of carbonyl (C=O) groups excluding carboxylic acids is 1. The van der Waals surface area contributed by atoms with Crippen LogP contribution in [0.25, 0.3) is 0 Å². The highest BCUT2D eigenvalue weighted by Crippen LogP contribution is 2.27. The van der Waals surface area contributed by atoms with Crippen LogP contribution in [0.5, 0.6) is 0 Å². The maximum atomic E-state index is 12.4. The summed E-state index contributed by atoms with van der Waals surface area (Å²) in [7, 11) is 0. The molecular formula is C15H15F3N2O3. The summed E-state index contributed by atoms with van der Waals surface area (Å²) in [6.45, 7) is 1.67. The largest absolute Gasteiger partial charge is 0.467 e. The lowest BCUT2D eigenvalue weighted by Gasteiger charge is -2.16. The maximum Gasteiger partial charge on any atom is 0.433 e. The smallest absolute Gasteiger partial charge is 0.433 e. The standard InChI is InChI=1S/C15H15F3N2O3/c1-9(7-11(21)12-3-2-6-23-12)20-14(22)10-4-5-13(19-8-10)15(16,17)18/h2-6,8-9,11,21H,7H2,1H3,(H,20,22)/t9-,11-/m1/s1. The Hall–Kier alpha value is -2.35. The lowest BCUT2D eigenvalue weighted by atomic mass is 10.1. The number of aliphatic hydroxyl groups is 1. The van der Waals surface area contributed by atoms with E-state index in [1.165, 1.54) is 6.26 Å². The zero-order valence-electron chi connectivity index (χ0n) is 12.2. The van der Waals surface area contributed by atoms with Gasteiger partial charge in [-0.25, -0.2) is 0 Å². The highest BCUT2D eigenvalue weighted by molar-refractivity contribution is 5.94. The fraction of sp³-hybridized carbons (Fsp3) is 0.333.